The summed E-state index contributed by atoms with van der Waals surface area (Å²) in [6.07, 6.45) is 5.45. The number of unbranched alkanes of at least 4 members (excludes halogenated alkanes) is 1. The van der Waals surface area contributed by atoms with Crippen molar-refractivity contribution in [2.45, 2.75) is 57.7 Å². The van der Waals surface area contributed by atoms with Crippen molar-refractivity contribution in [1.82, 2.24) is 10.6 Å². The maximum absolute atomic E-state index is 5.24. The molecule has 0 atom stereocenters. The summed E-state index contributed by atoms with van der Waals surface area (Å²) in [5.41, 5.74) is 0. The largest absolute Gasteiger partial charge is 0.381 e. The third-order valence-electron chi connectivity index (χ3n) is 3.02. The molecule has 1 saturated carbocycles. The lowest BCUT2D eigenvalue weighted by Gasteiger charge is -2.34. The van der Waals surface area contributed by atoms with E-state index in [2.05, 4.69) is 24.5 Å². The van der Waals surface area contributed by atoms with E-state index in [1.807, 2.05) is 0 Å². The van der Waals surface area contributed by atoms with E-state index >= 15 is 0 Å². The lowest BCUT2D eigenvalue weighted by atomic mass is 9.89. The van der Waals surface area contributed by atoms with Gasteiger partial charge in [-0.15, -0.1) is 0 Å². The highest BCUT2D eigenvalue weighted by Gasteiger charge is 2.27. The van der Waals surface area contributed by atoms with Crippen molar-refractivity contribution in [2.24, 2.45) is 0 Å². The standard InChI is InChI=1S/C12H26N2O/c1-10(2)13-6-4-5-7-14-11-8-12(9-11)15-3/h10-14H,4-9H2,1-3H3. The van der Waals surface area contributed by atoms with Crippen LogP contribution in [0.25, 0.3) is 0 Å². The van der Waals surface area contributed by atoms with E-state index < -0.39 is 0 Å². The second kappa shape index (κ2) is 7.20. The summed E-state index contributed by atoms with van der Waals surface area (Å²) in [6.45, 7) is 6.68. The van der Waals surface area contributed by atoms with Crippen LogP contribution < -0.4 is 10.6 Å². The monoisotopic (exact) mass is 214 g/mol. The Balaban J connectivity index is 1.78. The fourth-order valence-corrected chi connectivity index (χ4v) is 1.87. The summed E-state index contributed by atoms with van der Waals surface area (Å²) in [5.74, 6) is 0. The van der Waals surface area contributed by atoms with Crippen LogP contribution in [0.2, 0.25) is 0 Å². The summed E-state index contributed by atoms with van der Waals surface area (Å²) < 4.78 is 5.24. The zero-order valence-corrected chi connectivity index (χ0v) is 10.4. The topological polar surface area (TPSA) is 33.3 Å². The summed E-state index contributed by atoms with van der Waals surface area (Å²) >= 11 is 0. The summed E-state index contributed by atoms with van der Waals surface area (Å²) in [7, 11) is 1.80. The SMILES string of the molecule is COC1CC(NCCCCNC(C)C)C1. The molecular weight excluding hydrogens is 188 g/mol. The van der Waals surface area contributed by atoms with Gasteiger partial charge in [0.1, 0.15) is 0 Å². The van der Waals surface area contributed by atoms with Gasteiger partial charge < -0.3 is 15.4 Å². The average molecular weight is 214 g/mol. The molecule has 0 amide bonds. The number of methoxy groups -OCH3 is 1. The fraction of sp³-hybridized carbons (Fsp3) is 1.00. The number of hydrogen-bond acceptors (Lipinski definition) is 3. The number of ether oxygens (including phenoxy) is 1. The molecule has 0 radical (unpaired) electrons. The predicted molar refractivity (Wildman–Crippen MR) is 64.2 cm³/mol. The van der Waals surface area contributed by atoms with Crippen molar-refractivity contribution in [3.63, 3.8) is 0 Å². The first kappa shape index (κ1) is 12.9. The maximum Gasteiger partial charge on any atom is 0.0601 e. The van der Waals surface area contributed by atoms with Gasteiger partial charge in [-0.05, 0) is 38.8 Å². The molecule has 0 saturated heterocycles. The van der Waals surface area contributed by atoms with E-state index in [0.717, 1.165) is 13.1 Å². The number of hydrogen-bond donors (Lipinski definition) is 2. The zero-order chi connectivity index (χ0) is 11.1. The first-order valence-electron chi connectivity index (χ1n) is 6.22. The Morgan fingerprint density at radius 3 is 2.47 bits per heavy atom. The van der Waals surface area contributed by atoms with Gasteiger partial charge in [0.2, 0.25) is 0 Å². The molecule has 1 aliphatic rings. The highest BCUT2D eigenvalue weighted by molar-refractivity contribution is 4.85. The molecule has 0 aromatic carbocycles. The lowest BCUT2D eigenvalue weighted by Crippen LogP contribution is -2.45. The van der Waals surface area contributed by atoms with E-state index in [9.17, 15) is 0 Å². The molecule has 0 unspecified atom stereocenters. The van der Waals surface area contributed by atoms with Crippen LogP contribution in [0.4, 0.5) is 0 Å². The van der Waals surface area contributed by atoms with Crippen LogP contribution in [0.5, 0.6) is 0 Å². The average Bonchev–Trinajstić information content (AvgIpc) is 2.13. The molecule has 0 aromatic rings. The molecule has 1 rings (SSSR count). The van der Waals surface area contributed by atoms with Crippen molar-refractivity contribution in [2.75, 3.05) is 20.2 Å². The molecule has 3 heteroatoms. The van der Waals surface area contributed by atoms with Gasteiger partial charge in [-0.3, -0.25) is 0 Å². The molecule has 0 aromatic heterocycles. The van der Waals surface area contributed by atoms with Gasteiger partial charge in [-0.25, -0.2) is 0 Å². The van der Waals surface area contributed by atoms with Crippen molar-refractivity contribution < 1.29 is 4.74 Å². The lowest BCUT2D eigenvalue weighted by molar-refractivity contribution is 0.0175. The molecule has 2 N–H and O–H groups in total. The van der Waals surface area contributed by atoms with Crippen LogP contribution >= 0.6 is 0 Å². The molecule has 0 heterocycles. The third-order valence-corrected chi connectivity index (χ3v) is 3.02. The molecule has 0 aliphatic heterocycles. The normalized spacial score (nSPS) is 25.6. The highest BCUT2D eigenvalue weighted by atomic mass is 16.5. The van der Waals surface area contributed by atoms with Gasteiger partial charge in [0, 0.05) is 19.2 Å². The molecule has 1 aliphatic carbocycles. The molecule has 1 fully saturated rings. The van der Waals surface area contributed by atoms with Gasteiger partial charge in [0.25, 0.3) is 0 Å². The van der Waals surface area contributed by atoms with Gasteiger partial charge in [-0.1, -0.05) is 13.8 Å². The Bertz CT molecular complexity index is 156. The van der Waals surface area contributed by atoms with Crippen molar-refractivity contribution >= 4 is 0 Å². The molecule has 0 bridgehead atoms. The molecule has 0 spiro atoms. The van der Waals surface area contributed by atoms with Gasteiger partial charge in [0.05, 0.1) is 6.10 Å². The minimum Gasteiger partial charge on any atom is -0.381 e. The number of nitrogens with one attached hydrogen (secondary N) is 2. The van der Waals surface area contributed by atoms with Crippen LogP contribution in [-0.4, -0.2) is 38.4 Å². The smallest absolute Gasteiger partial charge is 0.0601 e. The Morgan fingerprint density at radius 2 is 1.87 bits per heavy atom. The Kier molecular flexibility index (Phi) is 6.22. The van der Waals surface area contributed by atoms with Gasteiger partial charge >= 0.3 is 0 Å². The molecular formula is C12H26N2O. The molecule has 15 heavy (non-hydrogen) atoms. The Hall–Kier alpha value is -0.120. The second-order valence-corrected chi connectivity index (χ2v) is 4.80. The highest BCUT2D eigenvalue weighted by Crippen LogP contribution is 2.22. The Morgan fingerprint density at radius 1 is 1.20 bits per heavy atom. The zero-order valence-electron chi connectivity index (χ0n) is 10.4. The van der Waals surface area contributed by atoms with Gasteiger partial charge in [-0.2, -0.15) is 0 Å². The summed E-state index contributed by atoms with van der Waals surface area (Å²) in [4.78, 5) is 0. The maximum atomic E-state index is 5.24. The third kappa shape index (κ3) is 5.50. The first-order valence-corrected chi connectivity index (χ1v) is 6.22. The quantitative estimate of drug-likeness (QED) is 0.601. The first-order chi connectivity index (χ1) is 7.22. The minimum atomic E-state index is 0.519. The molecule has 90 valence electrons. The van der Waals surface area contributed by atoms with Crippen LogP contribution in [0.1, 0.15) is 39.5 Å². The van der Waals surface area contributed by atoms with Crippen LogP contribution in [-0.2, 0) is 4.74 Å². The summed E-state index contributed by atoms with van der Waals surface area (Å²) in [6, 6.07) is 1.33. The van der Waals surface area contributed by atoms with Crippen molar-refractivity contribution in [3.8, 4) is 0 Å². The van der Waals surface area contributed by atoms with E-state index in [4.69, 9.17) is 4.74 Å². The Labute approximate surface area is 94.0 Å². The minimum absolute atomic E-state index is 0.519. The molecule has 3 nitrogen and oxygen atoms in total. The van der Waals surface area contributed by atoms with Crippen LogP contribution in [0, 0.1) is 0 Å². The fourth-order valence-electron chi connectivity index (χ4n) is 1.87. The number of rotatable bonds is 8. The van der Waals surface area contributed by atoms with E-state index in [-0.39, 0.29) is 0 Å². The van der Waals surface area contributed by atoms with E-state index in [1.54, 1.807) is 7.11 Å². The van der Waals surface area contributed by atoms with E-state index in [1.165, 1.54) is 25.7 Å². The predicted octanol–water partition coefficient (Wildman–Crippen LogP) is 1.53. The van der Waals surface area contributed by atoms with Crippen LogP contribution in [0.3, 0.4) is 0 Å². The second-order valence-electron chi connectivity index (χ2n) is 4.80. The van der Waals surface area contributed by atoms with E-state index in [0.29, 0.717) is 18.2 Å². The van der Waals surface area contributed by atoms with Crippen molar-refractivity contribution in [3.05, 3.63) is 0 Å². The van der Waals surface area contributed by atoms with Gasteiger partial charge in [0.15, 0.2) is 0 Å². The van der Waals surface area contributed by atoms with Crippen LogP contribution in [0.15, 0.2) is 0 Å². The summed E-state index contributed by atoms with van der Waals surface area (Å²) in [5, 5.41) is 6.99. The van der Waals surface area contributed by atoms with Crippen molar-refractivity contribution in [1.29, 1.82) is 0 Å².